The lowest BCUT2D eigenvalue weighted by atomic mass is 10.2. The predicted molar refractivity (Wildman–Crippen MR) is 56.6 cm³/mol. The van der Waals surface area contributed by atoms with Gasteiger partial charge in [0.2, 0.25) is 5.91 Å². The number of likely N-dealkylation sites (N-methyl/N-ethyl adjacent to an activating group) is 1. The van der Waals surface area contributed by atoms with Crippen LogP contribution in [0.1, 0.15) is 12.5 Å². The van der Waals surface area contributed by atoms with Crippen molar-refractivity contribution in [2.45, 2.75) is 13.5 Å². The Morgan fingerprint density at radius 2 is 2.00 bits per heavy atom. The first kappa shape index (κ1) is 10.7. The van der Waals surface area contributed by atoms with E-state index < -0.39 is 0 Å². The van der Waals surface area contributed by atoms with Crippen molar-refractivity contribution in [1.29, 1.82) is 0 Å². The normalized spacial score (nSPS) is 10.4. The Hall–Kier alpha value is -1.35. The molecule has 0 bridgehead atoms. The molecule has 0 aliphatic rings. The molecule has 1 aromatic carbocycles. The molecule has 1 amide bonds. The van der Waals surface area contributed by atoms with Gasteiger partial charge in [-0.2, -0.15) is 0 Å². The highest BCUT2D eigenvalue weighted by Crippen LogP contribution is 2.03. The number of hydrogen-bond donors (Lipinski definition) is 1. The minimum absolute atomic E-state index is 0.275. The zero-order chi connectivity index (χ0) is 10.4. The molecule has 3 nitrogen and oxygen atoms in total. The highest BCUT2D eigenvalue weighted by Gasteiger charge is 2.05. The van der Waals surface area contributed by atoms with Crippen LogP contribution in [0.4, 0.5) is 0 Å². The fourth-order valence-electron chi connectivity index (χ4n) is 1.34. The summed E-state index contributed by atoms with van der Waals surface area (Å²) in [7, 11) is 0. The van der Waals surface area contributed by atoms with Crippen molar-refractivity contribution in [3.63, 3.8) is 0 Å². The van der Waals surface area contributed by atoms with Crippen molar-refractivity contribution in [3.8, 4) is 0 Å². The predicted octanol–water partition coefficient (Wildman–Crippen LogP) is 0.994. The molecule has 0 fully saturated rings. The molecule has 0 unspecified atom stereocenters. The summed E-state index contributed by atoms with van der Waals surface area (Å²) >= 11 is 0. The lowest BCUT2D eigenvalue weighted by Gasteiger charge is -2.18. The quantitative estimate of drug-likeness (QED) is 0.756. The summed E-state index contributed by atoms with van der Waals surface area (Å²) in [5, 5.41) is 0. The van der Waals surface area contributed by atoms with Crippen molar-refractivity contribution in [1.82, 2.24) is 4.90 Å². The molecule has 3 heteroatoms. The molecule has 0 spiro atoms. The van der Waals surface area contributed by atoms with Gasteiger partial charge in [-0.05, 0) is 12.1 Å². The molecular weight excluding hydrogens is 176 g/mol. The summed E-state index contributed by atoms with van der Waals surface area (Å²) in [6.45, 7) is 3.95. The monoisotopic (exact) mass is 192 g/mol. The van der Waals surface area contributed by atoms with Crippen LogP contribution in [0, 0.1) is 0 Å². The smallest absolute Gasteiger partial charge is 0.231 e. The van der Waals surface area contributed by atoms with Gasteiger partial charge in [-0.15, -0.1) is 0 Å². The van der Waals surface area contributed by atoms with Crippen LogP contribution >= 0.6 is 0 Å². The van der Waals surface area contributed by atoms with Crippen LogP contribution in [-0.2, 0) is 11.3 Å². The van der Waals surface area contributed by atoms with Gasteiger partial charge < -0.3 is 5.73 Å². The molecule has 1 aromatic rings. The minimum Gasteiger partial charge on any atom is -0.369 e. The Bertz CT molecular complexity index is 285. The van der Waals surface area contributed by atoms with Gasteiger partial charge in [-0.3, -0.25) is 9.69 Å². The van der Waals surface area contributed by atoms with E-state index in [4.69, 9.17) is 5.73 Å². The van der Waals surface area contributed by atoms with Crippen LogP contribution in [-0.4, -0.2) is 23.9 Å². The molecule has 76 valence electrons. The lowest BCUT2D eigenvalue weighted by Crippen LogP contribution is -2.33. The maximum absolute atomic E-state index is 10.7. The summed E-state index contributed by atoms with van der Waals surface area (Å²) in [4.78, 5) is 12.8. The maximum Gasteiger partial charge on any atom is 0.231 e. The van der Waals surface area contributed by atoms with Crippen LogP contribution in [0.15, 0.2) is 30.3 Å². The third kappa shape index (κ3) is 3.58. The van der Waals surface area contributed by atoms with Crippen molar-refractivity contribution < 1.29 is 4.79 Å². The van der Waals surface area contributed by atoms with Crippen molar-refractivity contribution in [2.24, 2.45) is 5.73 Å². The topological polar surface area (TPSA) is 46.3 Å². The Balaban J connectivity index is 2.53. The second-order valence-electron chi connectivity index (χ2n) is 3.26. The first-order valence-electron chi connectivity index (χ1n) is 4.77. The molecule has 0 atom stereocenters. The van der Waals surface area contributed by atoms with E-state index in [-0.39, 0.29) is 5.91 Å². The highest BCUT2D eigenvalue weighted by molar-refractivity contribution is 5.75. The van der Waals surface area contributed by atoms with Crippen molar-refractivity contribution >= 4 is 5.91 Å². The number of hydrogen-bond acceptors (Lipinski definition) is 2. The second kappa shape index (κ2) is 5.40. The third-order valence-electron chi connectivity index (χ3n) is 2.08. The van der Waals surface area contributed by atoms with Crippen LogP contribution in [0.25, 0.3) is 0 Å². The zero-order valence-corrected chi connectivity index (χ0v) is 8.44. The summed E-state index contributed by atoms with van der Waals surface area (Å²) in [6.07, 6.45) is 0. The number of amides is 1. The van der Waals surface area contributed by atoms with Crippen LogP contribution in [0.2, 0.25) is 0 Å². The first-order valence-corrected chi connectivity index (χ1v) is 4.77. The average molecular weight is 192 g/mol. The van der Waals surface area contributed by atoms with Gasteiger partial charge in [0.25, 0.3) is 0 Å². The Morgan fingerprint density at radius 1 is 1.36 bits per heavy atom. The molecule has 0 aromatic heterocycles. The molecule has 0 saturated carbocycles. The van der Waals surface area contributed by atoms with Gasteiger partial charge in [0.05, 0.1) is 6.54 Å². The number of carbonyl (C=O) groups excluding carboxylic acids is 1. The average Bonchev–Trinajstić information content (AvgIpc) is 2.17. The lowest BCUT2D eigenvalue weighted by molar-refractivity contribution is -0.119. The van der Waals surface area contributed by atoms with E-state index >= 15 is 0 Å². The summed E-state index contributed by atoms with van der Waals surface area (Å²) in [5.74, 6) is -0.275. The fraction of sp³-hybridized carbons (Fsp3) is 0.364. The van der Waals surface area contributed by atoms with E-state index in [2.05, 4.69) is 0 Å². The highest BCUT2D eigenvalue weighted by atomic mass is 16.1. The molecule has 0 saturated heterocycles. The first-order chi connectivity index (χ1) is 6.72. The number of rotatable bonds is 5. The zero-order valence-electron chi connectivity index (χ0n) is 8.44. The van der Waals surface area contributed by atoms with E-state index in [1.54, 1.807) is 0 Å². The Kier molecular flexibility index (Phi) is 4.13. The van der Waals surface area contributed by atoms with Gasteiger partial charge in [0.15, 0.2) is 0 Å². The molecule has 14 heavy (non-hydrogen) atoms. The Labute approximate surface area is 84.5 Å². The van der Waals surface area contributed by atoms with Crippen molar-refractivity contribution in [3.05, 3.63) is 35.9 Å². The molecule has 0 heterocycles. The number of primary amides is 1. The third-order valence-corrected chi connectivity index (χ3v) is 2.08. The van der Waals surface area contributed by atoms with E-state index in [1.807, 2.05) is 42.2 Å². The van der Waals surface area contributed by atoms with Crippen LogP contribution in [0.3, 0.4) is 0 Å². The number of nitrogens with two attached hydrogens (primary N) is 1. The Morgan fingerprint density at radius 3 is 2.50 bits per heavy atom. The van der Waals surface area contributed by atoms with Crippen LogP contribution in [0.5, 0.6) is 0 Å². The van der Waals surface area contributed by atoms with Gasteiger partial charge >= 0.3 is 0 Å². The summed E-state index contributed by atoms with van der Waals surface area (Å²) < 4.78 is 0. The minimum atomic E-state index is -0.275. The van der Waals surface area contributed by atoms with E-state index in [9.17, 15) is 4.79 Å². The molecule has 0 aliphatic heterocycles. The number of carbonyl (C=O) groups is 1. The maximum atomic E-state index is 10.7. The van der Waals surface area contributed by atoms with Gasteiger partial charge in [-0.25, -0.2) is 0 Å². The molecular formula is C11H16N2O. The number of nitrogens with zero attached hydrogens (tertiary/aromatic N) is 1. The standard InChI is InChI=1S/C11H16N2O/c1-2-13(9-11(12)14)8-10-6-4-3-5-7-10/h3-7H,2,8-9H2,1H3,(H2,12,14). The van der Waals surface area contributed by atoms with Gasteiger partial charge in [0.1, 0.15) is 0 Å². The summed E-state index contributed by atoms with van der Waals surface area (Å²) in [5.41, 5.74) is 6.35. The molecule has 0 radical (unpaired) electrons. The SMILES string of the molecule is CCN(CC(N)=O)Cc1ccccc1. The number of benzene rings is 1. The largest absolute Gasteiger partial charge is 0.369 e. The van der Waals surface area contributed by atoms with Gasteiger partial charge in [0, 0.05) is 6.54 Å². The van der Waals surface area contributed by atoms with Crippen LogP contribution < -0.4 is 5.73 Å². The molecule has 1 rings (SSSR count). The van der Waals surface area contributed by atoms with E-state index in [1.165, 1.54) is 5.56 Å². The fourth-order valence-corrected chi connectivity index (χ4v) is 1.34. The molecule has 2 N–H and O–H groups in total. The van der Waals surface area contributed by atoms with E-state index in [0.29, 0.717) is 6.54 Å². The van der Waals surface area contributed by atoms with Gasteiger partial charge in [-0.1, -0.05) is 37.3 Å². The van der Waals surface area contributed by atoms with E-state index in [0.717, 1.165) is 13.1 Å². The summed E-state index contributed by atoms with van der Waals surface area (Å²) in [6, 6.07) is 10.1. The van der Waals surface area contributed by atoms with Crippen molar-refractivity contribution in [2.75, 3.05) is 13.1 Å². The second-order valence-corrected chi connectivity index (χ2v) is 3.26. The molecule has 0 aliphatic carbocycles.